The summed E-state index contributed by atoms with van der Waals surface area (Å²) in [5.74, 6) is 0.732. The van der Waals surface area contributed by atoms with Crippen LogP contribution in [0.1, 0.15) is 22.2 Å². The van der Waals surface area contributed by atoms with Gasteiger partial charge in [-0.1, -0.05) is 0 Å². The minimum absolute atomic E-state index is 0.0231. The lowest BCUT2D eigenvalue weighted by molar-refractivity contribution is -0.0246. The van der Waals surface area contributed by atoms with Crippen molar-refractivity contribution in [2.24, 2.45) is 0 Å². The molecule has 1 amide bonds. The molecule has 0 radical (unpaired) electrons. The van der Waals surface area contributed by atoms with Crippen molar-refractivity contribution < 1.29 is 9.53 Å². The zero-order valence-corrected chi connectivity index (χ0v) is 14.7. The van der Waals surface area contributed by atoms with E-state index in [0.717, 1.165) is 22.5 Å². The molecule has 0 spiro atoms. The molecule has 0 saturated carbocycles. The Bertz CT molecular complexity index is 938. The van der Waals surface area contributed by atoms with E-state index in [2.05, 4.69) is 19.9 Å². The van der Waals surface area contributed by atoms with Crippen molar-refractivity contribution in [3.63, 3.8) is 0 Å². The van der Waals surface area contributed by atoms with Gasteiger partial charge in [-0.15, -0.1) is 0 Å². The summed E-state index contributed by atoms with van der Waals surface area (Å²) in [5.41, 5.74) is 3.08. The van der Waals surface area contributed by atoms with E-state index in [1.165, 1.54) is 0 Å². The maximum Gasteiger partial charge on any atom is 0.254 e. The lowest BCUT2D eigenvalue weighted by Crippen LogP contribution is -2.42. The quantitative estimate of drug-likeness (QED) is 0.771. The van der Waals surface area contributed by atoms with Crippen molar-refractivity contribution >= 4 is 22.8 Å². The second-order valence-corrected chi connectivity index (χ2v) is 6.40. The Hall–Kier alpha value is -3.00. The summed E-state index contributed by atoms with van der Waals surface area (Å²) in [7, 11) is 3.83. The Balaban J connectivity index is 1.57. The minimum Gasteiger partial charge on any atom is -0.368 e. The number of hydrogen-bond donors (Lipinski definition) is 1. The van der Waals surface area contributed by atoms with Crippen LogP contribution in [0, 0.1) is 0 Å². The van der Waals surface area contributed by atoms with Crippen LogP contribution in [0.2, 0.25) is 0 Å². The number of nitrogens with one attached hydrogen (secondary N) is 1. The number of carbonyl (C=O) groups excluding carboxylic acids is 1. The highest BCUT2D eigenvalue weighted by molar-refractivity contribution is 5.97. The van der Waals surface area contributed by atoms with Gasteiger partial charge in [-0.25, -0.2) is 9.97 Å². The van der Waals surface area contributed by atoms with Crippen molar-refractivity contribution in [3.8, 4) is 0 Å². The van der Waals surface area contributed by atoms with Crippen LogP contribution < -0.4 is 4.90 Å². The van der Waals surface area contributed by atoms with Gasteiger partial charge in [0.25, 0.3) is 5.91 Å². The molecule has 0 bridgehead atoms. The number of benzene rings is 1. The monoisotopic (exact) mass is 352 g/mol. The molecular weight excluding hydrogens is 332 g/mol. The van der Waals surface area contributed by atoms with Crippen LogP contribution in [0.5, 0.6) is 0 Å². The Kier molecular flexibility index (Phi) is 4.26. The van der Waals surface area contributed by atoms with Crippen LogP contribution in [0.15, 0.2) is 36.9 Å². The fourth-order valence-electron chi connectivity index (χ4n) is 3.16. The number of aromatic amines is 1. The van der Waals surface area contributed by atoms with Gasteiger partial charge < -0.3 is 19.5 Å². The largest absolute Gasteiger partial charge is 0.368 e. The first-order chi connectivity index (χ1) is 12.6. The second kappa shape index (κ2) is 6.72. The van der Waals surface area contributed by atoms with E-state index in [4.69, 9.17) is 4.74 Å². The number of rotatable bonds is 3. The summed E-state index contributed by atoms with van der Waals surface area (Å²) < 4.78 is 5.89. The van der Waals surface area contributed by atoms with Gasteiger partial charge in [0.1, 0.15) is 11.8 Å². The SMILES string of the molecule is CN(C)c1nccnc1C1CN(C(=O)c2ccc3nc[nH]c3c2)CCO1. The molecule has 1 saturated heterocycles. The zero-order chi connectivity index (χ0) is 18.1. The molecule has 1 unspecified atom stereocenters. The highest BCUT2D eigenvalue weighted by Crippen LogP contribution is 2.27. The van der Waals surface area contributed by atoms with E-state index in [9.17, 15) is 4.79 Å². The van der Waals surface area contributed by atoms with Gasteiger partial charge in [0.2, 0.25) is 0 Å². The zero-order valence-electron chi connectivity index (χ0n) is 14.7. The van der Waals surface area contributed by atoms with Gasteiger partial charge in [0.05, 0.1) is 30.5 Å². The first-order valence-corrected chi connectivity index (χ1v) is 8.45. The lowest BCUT2D eigenvalue weighted by Gasteiger charge is -2.33. The molecular formula is C18H20N6O2. The number of anilines is 1. The molecule has 1 aromatic carbocycles. The molecule has 1 N–H and O–H groups in total. The molecule has 134 valence electrons. The van der Waals surface area contributed by atoms with E-state index in [1.54, 1.807) is 23.6 Å². The summed E-state index contributed by atoms with van der Waals surface area (Å²) >= 11 is 0. The van der Waals surface area contributed by atoms with Crippen molar-refractivity contribution in [3.05, 3.63) is 48.2 Å². The van der Waals surface area contributed by atoms with Gasteiger partial charge in [-0.3, -0.25) is 9.78 Å². The predicted octanol–water partition coefficient (Wildman–Crippen LogP) is 1.63. The standard InChI is InChI=1S/C18H20N6O2/c1-23(2)17-16(19-5-6-20-17)15-10-24(7-8-26-15)18(25)12-3-4-13-14(9-12)22-11-21-13/h3-6,9,11,15H,7-8,10H2,1-2H3,(H,21,22). The van der Waals surface area contributed by atoms with E-state index in [0.29, 0.717) is 25.3 Å². The van der Waals surface area contributed by atoms with E-state index in [1.807, 2.05) is 37.2 Å². The third kappa shape index (κ3) is 2.99. The number of imidazole rings is 1. The van der Waals surface area contributed by atoms with Crippen LogP contribution in [0.3, 0.4) is 0 Å². The lowest BCUT2D eigenvalue weighted by atomic mass is 10.1. The maximum atomic E-state index is 13.0. The maximum absolute atomic E-state index is 13.0. The third-order valence-corrected chi connectivity index (χ3v) is 4.46. The van der Waals surface area contributed by atoms with Crippen LogP contribution in [0.4, 0.5) is 5.82 Å². The van der Waals surface area contributed by atoms with Crippen molar-refractivity contribution in [1.82, 2.24) is 24.8 Å². The van der Waals surface area contributed by atoms with Gasteiger partial charge in [-0.05, 0) is 18.2 Å². The average Bonchev–Trinajstić information content (AvgIpc) is 3.15. The molecule has 3 aromatic rings. The number of aromatic nitrogens is 4. The summed E-state index contributed by atoms with van der Waals surface area (Å²) in [5, 5.41) is 0. The fourth-order valence-corrected chi connectivity index (χ4v) is 3.16. The van der Waals surface area contributed by atoms with E-state index < -0.39 is 0 Å². The first kappa shape index (κ1) is 16.5. The molecule has 2 aromatic heterocycles. The molecule has 1 atom stereocenters. The molecule has 4 rings (SSSR count). The van der Waals surface area contributed by atoms with Crippen LogP contribution >= 0.6 is 0 Å². The Morgan fingerprint density at radius 3 is 2.96 bits per heavy atom. The van der Waals surface area contributed by atoms with Crippen LogP contribution in [-0.2, 0) is 4.74 Å². The minimum atomic E-state index is -0.297. The number of fused-ring (bicyclic) bond motifs is 1. The van der Waals surface area contributed by atoms with Gasteiger partial charge in [0, 0.05) is 38.6 Å². The highest BCUT2D eigenvalue weighted by Gasteiger charge is 2.29. The number of carbonyl (C=O) groups is 1. The molecule has 1 aliphatic rings. The second-order valence-electron chi connectivity index (χ2n) is 6.40. The molecule has 8 nitrogen and oxygen atoms in total. The Labute approximate surface area is 150 Å². The molecule has 1 fully saturated rings. The first-order valence-electron chi connectivity index (χ1n) is 8.45. The fraction of sp³-hybridized carbons (Fsp3) is 0.333. The van der Waals surface area contributed by atoms with Crippen molar-refractivity contribution in [1.29, 1.82) is 0 Å². The number of morpholine rings is 1. The number of amides is 1. The van der Waals surface area contributed by atoms with Gasteiger partial charge in [0.15, 0.2) is 5.82 Å². The summed E-state index contributed by atoms with van der Waals surface area (Å²) in [6, 6.07) is 5.50. The topological polar surface area (TPSA) is 87.2 Å². The smallest absolute Gasteiger partial charge is 0.254 e. The summed E-state index contributed by atoms with van der Waals surface area (Å²) in [6.07, 6.45) is 4.64. The third-order valence-electron chi connectivity index (χ3n) is 4.46. The molecule has 26 heavy (non-hydrogen) atoms. The van der Waals surface area contributed by atoms with E-state index in [-0.39, 0.29) is 12.0 Å². The van der Waals surface area contributed by atoms with E-state index >= 15 is 0 Å². The van der Waals surface area contributed by atoms with Gasteiger partial charge in [-0.2, -0.15) is 0 Å². The number of H-pyrrole nitrogens is 1. The normalized spacial score (nSPS) is 17.5. The van der Waals surface area contributed by atoms with Crippen LogP contribution in [0.25, 0.3) is 11.0 Å². The molecule has 8 heteroatoms. The number of nitrogens with zero attached hydrogens (tertiary/aromatic N) is 5. The number of ether oxygens (including phenoxy) is 1. The molecule has 1 aliphatic heterocycles. The Morgan fingerprint density at radius 1 is 1.27 bits per heavy atom. The highest BCUT2D eigenvalue weighted by atomic mass is 16.5. The van der Waals surface area contributed by atoms with Gasteiger partial charge >= 0.3 is 0 Å². The molecule has 0 aliphatic carbocycles. The van der Waals surface area contributed by atoms with Crippen LogP contribution in [-0.4, -0.2) is 64.5 Å². The summed E-state index contributed by atoms with van der Waals surface area (Å²) in [4.78, 5) is 32.7. The van der Waals surface area contributed by atoms with Crippen molar-refractivity contribution in [2.75, 3.05) is 38.7 Å². The predicted molar refractivity (Wildman–Crippen MR) is 97.0 cm³/mol. The summed E-state index contributed by atoms with van der Waals surface area (Å²) in [6.45, 7) is 1.46. The average molecular weight is 352 g/mol. The molecule has 3 heterocycles. The van der Waals surface area contributed by atoms with Crippen molar-refractivity contribution in [2.45, 2.75) is 6.10 Å². The number of hydrogen-bond acceptors (Lipinski definition) is 6. The Morgan fingerprint density at radius 2 is 2.12 bits per heavy atom.